The zero-order valence-electron chi connectivity index (χ0n) is 14.4. The van der Waals surface area contributed by atoms with Crippen LogP contribution in [0.1, 0.15) is 15.9 Å². The summed E-state index contributed by atoms with van der Waals surface area (Å²) >= 11 is 8.91. The van der Waals surface area contributed by atoms with Crippen LogP contribution >= 0.6 is 34.3 Å². The number of rotatable bonds is 5. The predicted octanol–water partition coefficient (Wildman–Crippen LogP) is 6.02. The van der Waals surface area contributed by atoms with Crippen molar-refractivity contribution in [2.75, 3.05) is 12.4 Å². The van der Waals surface area contributed by atoms with Gasteiger partial charge in [0.05, 0.1) is 11.8 Å². The van der Waals surface area contributed by atoms with Crippen molar-refractivity contribution in [3.05, 3.63) is 65.0 Å². The molecule has 0 bridgehead atoms. The van der Waals surface area contributed by atoms with E-state index in [-0.39, 0.29) is 5.91 Å². The first-order valence-electron chi connectivity index (χ1n) is 8.17. The quantitative estimate of drug-likeness (QED) is 0.406. The molecule has 0 saturated carbocycles. The van der Waals surface area contributed by atoms with Crippen LogP contribution in [0, 0.1) is 0 Å². The van der Waals surface area contributed by atoms with Crippen molar-refractivity contribution in [3.8, 4) is 16.2 Å². The van der Waals surface area contributed by atoms with E-state index in [1.807, 2.05) is 35.7 Å². The second kappa shape index (κ2) is 7.68. The van der Waals surface area contributed by atoms with E-state index in [1.54, 1.807) is 30.6 Å². The van der Waals surface area contributed by atoms with Crippen LogP contribution < -0.4 is 10.1 Å². The summed E-state index contributed by atoms with van der Waals surface area (Å²) in [6.45, 7) is 0. The van der Waals surface area contributed by atoms with Crippen LogP contribution in [0.4, 0.5) is 5.13 Å². The SMILES string of the molecule is COc1ccc(-c2cccs2)c2sc(NC(=O)c3ccc(CCl)cc3)nc12. The Balaban J connectivity index is 1.70. The number of hydrogen-bond acceptors (Lipinski definition) is 5. The molecular weight excluding hydrogens is 400 g/mol. The molecule has 2 aromatic carbocycles. The number of thiophene rings is 1. The molecule has 1 amide bonds. The fraction of sp³-hybridized carbons (Fsp3) is 0.100. The van der Waals surface area contributed by atoms with Gasteiger partial charge in [0.1, 0.15) is 11.3 Å². The predicted molar refractivity (Wildman–Crippen MR) is 113 cm³/mol. The highest BCUT2D eigenvalue weighted by Crippen LogP contribution is 2.41. The Morgan fingerprint density at radius 2 is 2.00 bits per heavy atom. The van der Waals surface area contributed by atoms with Crippen molar-refractivity contribution in [2.24, 2.45) is 0 Å². The van der Waals surface area contributed by atoms with Gasteiger partial charge in [-0.1, -0.05) is 29.5 Å². The van der Waals surface area contributed by atoms with E-state index < -0.39 is 0 Å². The molecule has 0 radical (unpaired) electrons. The van der Waals surface area contributed by atoms with Crippen LogP contribution in [0.2, 0.25) is 0 Å². The van der Waals surface area contributed by atoms with E-state index in [0.717, 1.165) is 26.2 Å². The number of nitrogens with one attached hydrogen (secondary N) is 1. The van der Waals surface area contributed by atoms with Crippen LogP contribution in [-0.4, -0.2) is 18.0 Å². The molecule has 0 fully saturated rings. The van der Waals surface area contributed by atoms with Crippen molar-refractivity contribution in [2.45, 2.75) is 5.88 Å². The van der Waals surface area contributed by atoms with Gasteiger partial charge < -0.3 is 4.74 Å². The molecule has 7 heteroatoms. The topological polar surface area (TPSA) is 51.2 Å². The summed E-state index contributed by atoms with van der Waals surface area (Å²) in [5.41, 5.74) is 3.37. The van der Waals surface area contributed by atoms with Crippen LogP contribution in [-0.2, 0) is 5.88 Å². The third kappa shape index (κ3) is 3.56. The number of alkyl halides is 1. The Kier molecular flexibility index (Phi) is 5.11. The standard InChI is InChI=1S/C20H15ClN2O2S2/c1-25-15-9-8-14(16-3-2-10-26-16)18-17(15)22-20(27-18)23-19(24)13-6-4-12(11-21)5-7-13/h2-10H,11H2,1H3,(H,22,23,24). The molecular formula is C20H15ClN2O2S2. The number of fused-ring (bicyclic) bond motifs is 1. The van der Waals surface area contributed by atoms with Crippen LogP contribution in [0.5, 0.6) is 5.75 Å². The van der Waals surface area contributed by atoms with Gasteiger partial charge in [0.25, 0.3) is 5.91 Å². The molecule has 4 nitrogen and oxygen atoms in total. The molecule has 4 aromatic rings. The van der Waals surface area contributed by atoms with E-state index in [2.05, 4.69) is 16.4 Å². The summed E-state index contributed by atoms with van der Waals surface area (Å²) in [6.07, 6.45) is 0. The Morgan fingerprint density at radius 3 is 2.67 bits per heavy atom. The number of methoxy groups -OCH3 is 1. The van der Waals surface area contributed by atoms with E-state index in [4.69, 9.17) is 16.3 Å². The number of nitrogens with zero attached hydrogens (tertiary/aromatic N) is 1. The first kappa shape index (κ1) is 18.0. The molecule has 2 heterocycles. The number of hydrogen-bond donors (Lipinski definition) is 1. The summed E-state index contributed by atoms with van der Waals surface area (Å²) in [5.74, 6) is 0.908. The Bertz CT molecular complexity index is 1090. The molecule has 1 N–H and O–H groups in total. The second-order valence-electron chi connectivity index (χ2n) is 5.77. The van der Waals surface area contributed by atoms with Gasteiger partial charge in [0.15, 0.2) is 5.13 Å². The number of aromatic nitrogens is 1. The van der Waals surface area contributed by atoms with Gasteiger partial charge in [0, 0.05) is 21.9 Å². The smallest absolute Gasteiger partial charge is 0.257 e. The lowest BCUT2D eigenvalue weighted by atomic mass is 10.1. The molecule has 2 aromatic heterocycles. The summed E-state index contributed by atoms with van der Waals surface area (Å²) in [7, 11) is 1.62. The molecule has 0 spiro atoms. The molecule has 0 unspecified atom stereocenters. The Hall–Kier alpha value is -2.41. The second-order valence-corrected chi connectivity index (χ2v) is 7.99. The van der Waals surface area contributed by atoms with E-state index in [9.17, 15) is 4.79 Å². The summed E-state index contributed by atoms with van der Waals surface area (Å²) in [5, 5.41) is 5.47. The monoisotopic (exact) mass is 414 g/mol. The fourth-order valence-corrected chi connectivity index (χ4v) is 4.75. The average Bonchev–Trinajstić information content (AvgIpc) is 3.37. The zero-order chi connectivity index (χ0) is 18.8. The van der Waals surface area contributed by atoms with Crippen LogP contribution in [0.3, 0.4) is 0 Å². The molecule has 0 aliphatic carbocycles. The molecule has 27 heavy (non-hydrogen) atoms. The highest BCUT2D eigenvalue weighted by molar-refractivity contribution is 7.23. The maximum absolute atomic E-state index is 12.6. The number of anilines is 1. The number of amides is 1. The first-order chi connectivity index (χ1) is 13.2. The number of halogens is 1. The summed E-state index contributed by atoms with van der Waals surface area (Å²) in [4.78, 5) is 18.3. The normalized spacial score (nSPS) is 10.9. The van der Waals surface area contributed by atoms with Gasteiger partial charge in [-0.25, -0.2) is 4.98 Å². The summed E-state index contributed by atoms with van der Waals surface area (Å²) in [6, 6.07) is 15.2. The Morgan fingerprint density at radius 1 is 1.19 bits per heavy atom. The first-order valence-corrected chi connectivity index (χ1v) is 10.4. The number of carbonyl (C=O) groups excluding carboxylic acids is 1. The van der Waals surface area contributed by atoms with Gasteiger partial charge >= 0.3 is 0 Å². The minimum atomic E-state index is -0.202. The lowest BCUT2D eigenvalue weighted by molar-refractivity contribution is 0.102. The van der Waals surface area contributed by atoms with Gasteiger partial charge in [-0.15, -0.1) is 22.9 Å². The van der Waals surface area contributed by atoms with Crippen LogP contribution in [0.25, 0.3) is 20.7 Å². The van der Waals surface area contributed by atoms with E-state index in [1.165, 1.54) is 11.3 Å². The van der Waals surface area contributed by atoms with Gasteiger partial charge in [0.2, 0.25) is 0 Å². The van der Waals surface area contributed by atoms with E-state index in [0.29, 0.717) is 22.3 Å². The lowest BCUT2D eigenvalue weighted by Crippen LogP contribution is -2.11. The summed E-state index contributed by atoms with van der Waals surface area (Å²) < 4.78 is 6.44. The van der Waals surface area contributed by atoms with Gasteiger partial charge in [-0.2, -0.15) is 0 Å². The van der Waals surface area contributed by atoms with Crippen molar-refractivity contribution in [1.29, 1.82) is 0 Å². The van der Waals surface area contributed by atoms with Crippen molar-refractivity contribution in [1.82, 2.24) is 4.98 Å². The third-order valence-electron chi connectivity index (χ3n) is 4.10. The average molecular weight is 415 g/mol. The molecule has 0 aliphatic heterocycles. The zero-order valence-corrected chi connectivity index (χ0v) is 16.8. The largest absolute Gasteiger partial charge is 0.494 e. The van der Waals surface area contributed by atoms with Gasteiger partial charge in [-0.05, 0) is 41.3 Å². The highest BCUT2D eigenvalue weighted by atomic mass is 35.5. The maximum atomic E-state index is 12.6. The minimum Gasteiger partial charge on any atom is -0.494 e. The fourth-order valence-electron chi connectivity index (χ4n) is 2.74. The molecule has 0 atom stereocenters. The van der Waals surface area contributed by atoms with E-state index >= 15 is 0 Å². The minimum absolute atomic E-state index is 0.202. The Labute approximate surface area is 169 Å². The molecule has 136 valence electrons. The van der Waals surface area contributed by atoms with Crippen molar-refractivity contribution >= 4 is 55.5 Å². The highest BCUT2D eigenvalue weighted by Gasteiger charge is 2.16. The molecule has 4 rings (SSSR count). The molecule has 0 saturated heterocycles. The maximum Gasteiger partial charge on any atom is 0.257 e. The van der Waals surface area contributed by atoms with Gasteiger partial charge in [-0.3, -0.25) is 10.1 Å². The number of carbonyl (C=O) groups is 1. The number of thiazole rings is 1. The van der Waals surface area contributed by atoms with Crippen molar-refractivity contribution < 1.29 is 9.53 Å². The van der Waals surface area contributed by atoms with Crippen molar-refractivity contribution in [3.63, 3.8) is 0 Å². The number of ether oxygens (including phenoxy) is 1. The van der Waals surface area contributed by atoms with Crippen LogP contribution in [0.15, 0.2) is 53.9 Å². The number of benzene rings is 2. The molecule has 0 aliphatic rings. The third-order valence-corrected chi connectivity index (χ3v) is 6.32. The lowest BCUT2D eigenvalue weighted by Gasteiger charge is -2.03.